The highest BCUT2D eigenvalue weighted by Crippen LogP contribution is 2.27. The summed E-state index contributed by atoms with van der Waals surface area (Å²) >= 11 is 0. The molecule has 0 spiro atoms. The van der Waals surface area contributed by atoms with E-state index in [9.17, 15) is 4.79 Å². The molecular formula is C24H32N2O4. The first-order valence-corrected chi connectivity index (χ1v) is 10.5. The van der Waals surface area contributed by atoms with E-state index >= 15 is 0 Å². The molecule has 2 aromatic rings. The van der Waals surface area contributed by atoms with E-state index in [2.05, 4.69) is 41.4 Å². The molecule has 0 bridgehead atoms. The molecule has 6 nitrogen and oxygen atoms in total. The van der Waals surface area contributed by atoms with Gasteiger partial charge in [0, 0.05) is 37.0 Å². The van der Waals surface area contributed by atoms with E-state index in [-0.39, 0.29) is 18.6 Å². The molecule has 0 saturated carbocycles. The number of benzene rings is 2. The van der Waals surface area contributed by atoms with Crippen molar-refractivity contribution in [2.75, 3.05) is 38.8 Å². The second kappa shape index (κ2) is 10.2. The van der Waals surface area contributed by atoms with Crippen LogP contribution in [-0.4, -0.2) is 39.8 Å². The van der Waals surface area contributed by atoms with E-state index in [1.165, 1.54) is 18.5 Å². The predicted octanol–water partition coefficient (Wildman–Crippen LogP) is 4.20. The quantitative estimate of drug-likeness (QED) is 0.704. The van der Waals surface area contributed by atoms with Gasteiger partial charge in [-0.25, -0.2) is 0 Å². The lowest BCUT2D eigenvalue weighted by Gasteiger charge is -2.32. The molecule has 3 rings (SSSR count). The van der Waals surface area contributed by atoms with E-state index in [4.69, 9.17) is 14.2 Å². The average molecular weight is 413 g/mol. The van der Waals surface area contributed by atoms with Gasteiger partial charge < -0.3 is 24.4 Å². The number of carbonyl (C=O) groups excluding carboxylic acids is 1. The van der Waals surface area contributed by atoms with Crippen molar-refractivity contribution in [1.29, 1.82) is 0 Å². The Hall–Kier alpha value is -2.89. The molecule has 1 heterocycles. The van der Waals surface area contributed by atoms with Gasteiger partial charge in [-0.15, -0.1) is 0 Å². The highest BCUT2D eigenvalue weighted by atomic mass is 16.5. The molecule has 1 fully saturated rings. The summed E-state index contributed by atoms with van der Waals surface area (Å²) in [5.41, 5.74) is 2.32. The molecule has 0 aromatic heterocycles. The van der Waals surface area contributed by atoms with Crippen LogP contribution in [0.4, 0.5) is 5.69 Å². The Morgan fingerprint density at radius 2 is 1.60 bits per heavy atom. The van der Waals surface area contributed by atoms with Crippen molar-refractivity contribution in [3.05, 3.63) is 48.0 Å². The van der Waals surface area contributed by atoms with Crippen molar-refractivity contribution in [1.82, 2.24) is 5.32 Å². The molecule has 0 radical (unpaired) electrons. The standard InChI is InChI=1S/C24H32N2O4/c1-17-9-11-26(12-10-17)20-7-5-19(6-8-20)18(2)25-24(27)16-30-23-14-21(28-3)13-22(15-23)29-4/h5-8,13-15,17-18H,9-12,16H2,1-4H3,(H,25,27)/t18-/m0/s1. The molecular weight excluding hydrogens is 380 g/mol. The van der Waals surface area contributed by atoms with Crippen molar-refractivity contribution in [2.45, 2.75) is 32.7 Å². The van der Waals surface area contributed by atoms with Gasteiger partial charge in [-0.05, 0) is 43.4 Å². The molecule has 0 aliphatic carbocycles. The first-order chi connectivity index (χ1) is 14.5. The summed E-state index contributed by atoms with van der Waals surface area (Å²) in [6.07, 6.45) is 2.49. The Labute approximate surface area is 179 Å². The summed E-state index contributed by atoms with van der Waals surface area (Å²) in [6.45, 7) is 6.44. The Morgan fingerprint density at radius 3 is 2.17 bits per heavy atom. The summed E-state index contributed by atoms with van der Waals surface area (Å²) in [4.78, 5) is 14.8. The van der Waals surface area contributed by atoms with Crippen LogP contribution in [0, 0.1) is 5.92 Å². The summed E-state index contributed by atoms with van der Waals surface area (Å²) < 4.78 is 16.1. The van der Waals surface area contributed by atoms with Crippen LogP contribution in [0.1, 0.15) is 38.3 Å². The maximum absolute atomic E-state index is 12.3. The first kappa shape index (κ1) is 21.8. The maximum atomic E-state index is 12.3. The number of methoxy groups -OCH3 is 2. The third kappa shape index (κ3) is 5.81. The summed E-state index contributed by atoms with van der Waals surface area (Å²) in [5, 5.41) is 2.99. The van der Waals surface area contributed by atoms with Crippen molar-refractivity contribution in [3.63, 3.8) is 0 Å². The third-order valence-electron chi connectivity index (χ3n) is 5.61. The lowest BCUT2D eigenvalue weighted by Crippen LogP contribution is -2.33. The van der Waals surface area contributed by atoms with E-state index in [1.807, 2.05) is 6.92 Å². The number of nitrogens with zero attached hydrogens (tertiary/aromatic N) is 1. The van der Waals surface area contributed by atoms with Crippen LogP contribution in [-0.2, 0) is 4.79 Å². The maximum Gasteiger partial charge on any atom is 0.258 e. The average Bonchev–Trinajstić information content (AvgIpc) is 2.78. The second-order valence-corrected chi connectivity index (χ2v) is 7.89. The largest absolute Gasteiger partial charge is 0.496 e. The Balaban J connectivity index is 1.51. The molecule has 1 amide bonds. The van der Waals surface area contributed by atoms with Gasteiger partial charge in [0.25, 0.3) is 5.91 Å². The van der Waals surface area contributed by atoms with E-state index < -0.39 is 0 Å². The zero-order chi connectivity index (χ0) is 21.5. The van der Waals surface area contributed by atoms with Crippen LogP contribution in [0.3, 0.4) is 0 Å². The number of carbonyl (C=O) groups is 1. The molecule has 162 valence electrons. The van der Waals surface area contributed by atoms with Crippen molar-refractivity contribution in [3.8, 4) is 17.2 Å². The number of hydrogen-bond acceptors (Lipinski definition) is 5. The van der Waals surface area contributed by atoms with Crippen LogP contribution < -0.4 is 24.4 Å². The van der Waals surface area contributed by atoms with Crippen LogP contribution in [0.5, 0.6) is 17.2 Å². The molecule has 1 aliphatic heterocycles. The topological polar surface area (TPSA) is 60.0 Å². The number of anilines is 1. The SMILES string of the molecule is COc1cc(OC)cc(OCC(=O)N[C@@H](C)c2ccc(N3CCC(C)CC3)cc2)c1. The third-order valence-corrected chi connectivity index (χ3v) is 5.61. The van der Waals surface area contributed by atoms with Gasteiger partial charge in [0.1, 0.15) is 17.2 Å². The zero-order valence-electron chi connectivity index (χ0n) is 18.3. The summed E-state index contributed by atoms with van der Waals surface area (Å²) in [6, 6.07) is 13.6. The Bertz CT molecular complexity index is 807. The van der Waals surface area contributed by atoms with Crippen molar-refractivity contribution in [2.24, 2.45) is 5.92 Å². The fraction of sp³-hybridized carbons (Fsp3) is 0.458. The van der Waals surface area contributed by atoms with Crippen LogP contribution >= 0.6 is 0 Å². The number of rotatable bonds is 8. The molecule has 1 N–H and O–H groups in total. The fourth-order valence-electron chi connectivity index (χ4n) is 3.62. The van der Waals surface area contributed by atoms with Crippen LogP contribution in [0.25, 0.3) is 0 Å². The van der Waals surface area contributed by atoms with Gasteiger partial charge in [-0.1, -0.05) is 19.1 Å². The Kier molecular flexibility index (Phi) is 7.44. The monoisotopic (exact) mass is 412 g/mol. The minimum Gasteiger partial charge on any atom is -0.496 e. The van der Waals surface area contributed by atoms with E-state index in [1.54, 1.807) is 32.4 Å². The number of piperidine rings is 1. The lowest BCUT2D eigenvalue weighted by molar-refractivity contribution is -0.123. The van der Waals surface area contributed by atoms with Crippen LogP contribution in [0.2, 0.25) is 0 Å². The van der Waals surface area contributed by atoms with Crippen molar-refractivity contribution < 1.29 is 19.0 Å². The van der Waals surface area contributed by atoms with Gasteiger partial charge in [0.15, 0.2) is 6.61 Å². The van der Waals surface area contributed by atoms with Gasteiger partial charge in [0.2, 0.25) is 0 Å². The van der Waals surface area contributed by atoms with E-state index in [0.717, 1.165) is 24.6 Å². The molecule has 30 heavy (non-hydrogen) atoms. The highest BCUT2D eigenvalue weighted by Gasteiger charge is 2.17. The van der Waals surface area contributed by atoms with Gasteiger partial charge in [0.05, 0.1) is 20.3 Å². The normalized spacial score (nSPS) is 15.4. The lowest BCUT2D eigenvalue weighted by atomic mass is 9.98. The summed E-state index contributed by atoms with van der Waals surface area (Å²) in [7, 11) is 3.15. The molecule has 2 aromatic carbocycles. The minimum absolute atomic E-state index is 0.0787. The Morgan fingerprint density at radius 1 is 1.03 bits per heavy atom. The highest BCUT2D eigenvalue weighted by molar-refractivity contribution is 5.78. The summed E-state index contributed by atoms with van der Waals surface area (Å²) in [5.74, 6) is 2.38. The molecule has 1 atom stereocenters. The minimum atomic E-state index is -0.182. The molecule has 0 unspecified atom stereocenters. The van der Waals surface area contributed by atoms with Gasteiger partial charge in [-0.3, -0.25) is 4.79 Å². The second-order valence-electron chi connectivity index (χ2n) is 7.89. The molecule has 1 aliphatic rings. The zero-order valence-corrected chi connectivity index (χ0v) is 18.3. The van der Waals surface area contributed by atoms with Gasteiger partial charge >= 0.3 is 0 Å². The smallest absolute Gasteiger partial charge is 0.258 e. The number of amides is 1. The predicted molar refractivity (Wildman–Crippen MR) is 119 cm³/mol. The van der Waals surface area contributed by atoms with Crippen LogP contribution in [0.15, 0.2) is 42.5 Å². The molecule has 6 heteroatoms. The van der Waals surface area contributed by atoms with Gasteiger partial charge in [-0.2, -0.15) is 0 Å². The number of nitrogens with one attached hydrogen (secondary N) is 1. The van der Waals surface area contributed by atoms with E-state index in [0.29, 0.717) is 17.2 Å². The van der Waals surface area contributed by atoms with Crippen molar-refractivity contribution >= 4 is 11.6 Å². The fourth-order valence-corrected chi connectivity index (χ4v) is 3.62. The number of ether oxygens (including phenoxy) is 3. The molecule has 1 saturated heterocycles. The number of hydrogen-bond donors (Lipinski definition) is 1. The first-order valence-electron chi connectivity index (χ1n) is 10.5.